The molecule has 1 amide bonds. The molecule has 156 valence electrons. The summed E-state index contributed by atoms with van der Waals surface area (Å²) < 4.78 is 40.5. The number of carbonyl (C=O) groups is 1. The van der Waals surface area contributed by atoms with Crippen molar-refractivity contribution in [2.24, 2.45) is 0 Å². The van der Waals surface area contributed by atoms with Crippen LogP contribution < -0.4 is 10.0 Å². The second-order valence-corrected chi connectivity index (χ2v) is 8.74. The minimum Gasteiger partial charge on any atom is -0.352 e. The Balaban J connectivity index is 1.58. The van der Waals surface area contributed by atoms with Gasteiger partial charge in [0.05, 0.1) is 4.90 Å². The van der Waals surface area contributed by atoms with Gasteiger partial charge in [-0.1, -0.05) is 29.8 Å². The van der Waals surface area contributed by atoms with E-state index in [-0.39, 0.29) is 22.1 Å². The van der Waals surface area contributed by atoms with Gasteiger partial charge in [-0.2, -0.15) is 0 Å². The SMILES string of the molecule is O=C(NCCCc1ccc(Cl)cc1)c1cccc(S(=O)(=O)Nc2ccc(F)cc2)c1. The molecule has 3 aromatic carbocycles. The summed E-state index contributed by atoms with van der Waals surface area (Å²) in [6.45, 7) is 0.451. The van der Waals surface area contributed by atoms with Gasteiger partial charge in [0.25, 0.3) is 15.9 Å². The van der Waals surface area contributed by atoms with Gasteiger partial charge in [-0.3, -0.25) is 9.52 Å². The standard InChI is InChI=1S/C22H20ClFN2O3S/c23-18-8-6-16(7-9-18)3-2-14-25-22(27)17-4-1-5-21(15-17)30(28,29)26-20-12-10-19(24)11-13-20/h1,4-13,15,26H,2-3,14H2,(H,25,27). The molecule has 5 nitrogen and oxygen atoms in total. The molecule has 0 aliphatic carbocycles. The van der Waals surface area contributed by atoms with Crippen molar-refractivity contribution in [2.75, 3.05) is 11.3 Å². The number of carbonyl (C=O) groups excluding carboxylic acids is 1. The fourth-order valence-corrected chi connectivity index (χ4v) is 4.01. The van der Waals surface area contributed by atoms with Crippen LogP contribution in [0.2, 0.25) is 5.02 Å². The third-order valence-corrected chi connectivity index (χ3v) is 5.97. The fraction of sp³-hybridized carbons (Fsp3) is 0.136. The number of sulfonamides is 1. The van der Waals surface area contributed by atoms with Gasteiger partial charge in [0.15, 0.2) is 0 Å². The average Bonchev–Trinajstić information content (AvgIpc) is 2.74. The van der Waals surface area contributed by atoms with Gasteiger partial charge in [0.1, 0.15) is 5.82 Å². The first kappa shape index (κ1) is 21.8. The van der Waals surface area contributed by atoms with Gasteiger partial charge >= 0.3 is 0 Å². The lowest BCUT2D eigenvalue weighted by atomic mass is 10.1. The van der Waals surface area contributed by atoms with Crippen molar-refractivity contribution in [3.63, 3.8) is 0 Å². The van der Waals surface area contributed by atoms with Gasteiger partial charge < -0.3 is 5.32 Å². The van der Waals surface area contributed by atoms with E-state index in [1.54, 1.807) is 6.07 Å². The summed E-state index contributed by atoms with van der Waals surface area (Å²) in [5.41, 5.74) is 1.59. The molecule has 2 N–H and O–H groups in total. The summed E-state index contributed by atoms with van der Waals surface area (Å²) in [5, 5.41) is 3.47. The van der Waals surface area contributed by atoms with E-state index >= 15 is 0 Å². The molecule has 30 heavy (non-hydrogen) atoms. The molecule has 0 aliphatic rings. The predicted molar refractivity (Wildman–Crippen MR) is 116 cm³/mol. The van der Waals surface area contributed by atoms with Crippen LogP contribution in [0.1, 0.15) is 22.3 Å². The number of benzene rings is 3. The van der Waals surface area contributed by atoms with Crippen LogP contribution in [0.5, 0.6) is 0 Å². The number of nitrogens with one attached hydrogen (secondary N) is 2. The van der Waals surface area contributed by atoms with Crippen LogP contribution in [0.4, 0.5) is 10.1 Å². The Hall–Kier alpha value is -2.90. The zero-order valence-electron chi connectivity index (χ0n) is 15.9. The number of hydrogen-bond donors (Lipinski definition) is 2. The molecule has 0 bridgehead atoms. The molecule has 0 unspecified atom stereocenters. The van der Waals surface area contributed by atoms with Crippen molar-refractivity contribution < 1.29 is 17.6 Å². The second kappa shape index (κ2) is 9.73. The highest BCUT2D eigenvalue weighted by Crippen LogP contribution is 2.18. The number of hydrogen-bond acceptors (Lipinski definition) is 3. The first-order valence-corrected chi connectivity index (χ1v) is 11.1. The van der Waals surface area contributed by atoms with Gasteiger partial charge in [0.2, 0.25) is 0 Å². The lowest BCUT2D eigenvalue weighted by molar-refractivity contribution is 0.0953. The first-order valence-electron chi connectivity index (χ1n) is 9.24. The molecule has 0 heterocycles. The maximum Gasteiger partial charge on any atom is 0.261 e. The van der Waals surface area contributed by atoms with E-state index < -0.39 is 15.8 Å². The van der Waals surface area contributed by atoms with Gasteiger partial charge in [-0.05, 0) is 73.0 Å². The highest BCUT2D eigenvalue weighted by Gasteiger charge is 2.16. The lowest BCUT2D eigenvalue weighted by Crippen LogP contribution is -2.25. The van der Waals surface area contributed by atoms with Crippen molar-refractivity contribution in [1.29, 1.82) is 0 Å². The molecule has 0 aromatic heterocycles. The smallest absolute Gasteiger partial charge is 0.261 e. The Morgan fingerprint density at radius 3 is 2.37 bits per heavy atom. The Morgan fingerprint density at radius 1 is 0.967 bits per heavy atom. The summed E-state index contributed by atoms with van der Waals surface area (Å²) in [4.78, 5) is 12.3. The summed E-state index contributed by atoms with van der Waals surface area (Å²) in [5.74, 6) is -0.822. The van der Waals surface area contributed by atoms with E-state index in [2.05, 4.69) is 10.0 Å². The van der Waals surface area contributed by atoms with E-state index in [9.17, 15) is 17.6 Å². The number of rotatable bonds is 8. The molecule has 8 heteroatoms. The minimum absolute atomic E-state index is 0.0550. The maximum absolute atomic E-state index is 13.0. The van der Waals surface area contributed by atoms with Crippen LogP contribution >= 0.6 is 11.6 Å². The van der Waals surface area contributed by atoms with E-state index in [4.69, 9.17) is 11.6 Å². The molecule has 0 spiro atoms. The van der Waals surface area contributed by atoms with Crippen LogP contribution in [0.3, 0.4) is 0 Å². The number of halogens is 2. The molecule has 0 saturated carbocycles. The first-order chi connectivity index (χ1) is 14.3. The van der Waals surface area contributed by atoms with Crippen molar-refractivity contribution in [2.45, 2.75) is 17.7 Å². The topological polar surface area (TPSA) is 75.3 Å². The fourth-order valence-electron chi connectivity index (χ4n) is 2.78. The highest BCUT2D eigenvalue weighted by atomic mass is 35.5. The summed E-state index contributed by atoms with van der Waals surface area (Å²) >= 11 is 5.86. The van der Waals surface area contributed by atoms with Crippen LogP contribution in [-0.2, 0) is 16.4 Å². The van der Waals surface area contributed by atoms with Gasteiger partial charge in [0, 0.05) is 22.8 Å². The van der Waals surface area contributed by atoms with Crippen LogP contribution in [-0.4, -0.2) is 20.9 Å². The predicted octanol–water partition coefficient (Wildman–Crippen LogP) is 4.64. The molecular weight excluding hydrogens is 427 g/mol. The third-order valence-electron chi connectivity index (χ3n) is 4.34. The second-order valence-electron chi connectivity index (χ2n) is 6.63. The van der Waals surface area contributed by atoms with Crippen molar-refractivity contribution in [1.82, 2.24) is 5.32 Å². The van der Waals surface area contributed by atoms with Crippen molar-refractivity contribution in [3.05, 3.63) is 94.8 Å². The quantitative estimate of drug-likeness (QED) is 0.495. The summed E-state index contributed by atoms with van der Waals surface area (Å²) in [7, 11) is -3.91. The van der Waals surface area contributed by atoms with E-state index in [1.807, 2.05) is 24.3 Å². The molecule has 0 fully saturated rings. The van der Waals surface area contributed by atoms with Crippen LogP contribution in [0, 0.1) is 5.82 Å². The van der Waals surface area contributed by atoms with Crippen molar-refractivity contribution in [3.8, 4) is 0 Å². The van der Waals surface area contributed by atoms with E-state index in [0.29, 0.717) is 11.6 Å². The number of amides is 1. The Labute approximate surface area is 179 Å². The molecular formula is C22H20ClFN2O3S. The normalized spacial score (nSPS) is 11.1. The Bertz CT molecular complexity index is 1120. The lowest BCUT2D eigenvalue weighted by Gasteiger charge is -2.10. The third kappa shape index (κ3) is 6.05. The molecule has 0 aliphatic heterocycles. The maximum atomic E-state index is 13.0. The zero-order chi connectivity index (χ0) is 21.6. The Kier molecular flexibility index (Phi) is 7.07. The van der Waals surface area contributed by atoms with Crippen LogP contribution in [0.15, 0.2) is 77.7 Å². The summed E-state index contributed by atoms with van der Waals surface area (Å²) in [6, 6.07) is 18.2. The highest BCUT2D eigenvalue weighted by molar-refractivity contribution is 7.92. The number of anilines is 1. The van der Waals surface area contributed by atoms with Gasteiger partial charge in [-0.25, -0.2) is 12.8 Å². The van der Waals surface area contributed by atoms with Crippen molar-refractivity contribution >= 4 is 33.2 Å². The van der Waals surface area contributed by atoms with E-state index in [1.165, 1.54) is 30.3 Å². The monoisotopic (exact) mass is 446 g/mol. The average molecular weight is 447 g/mol. The van der Waals surface area contributed by atoms with Crippen LogP contribution in [0.25, 0.3) is 0 Å². The molecule has 0 radical (unpaired) electrons. The largest absolute Gasteiger partial charge is 0.352 e. The summed E-state index contributed by atoms with van der Waals surface area (Å²) in [6.07, 6.45) is 1.52. The number of aryl methyl sites for hydroxylation is 1. The minimum atomic E-state index is -3.91. The van der Waals surface area contributed by atoms with E-state index in [0.717, 1.165) is 30.5 Å². The zero-order valence-corrected chi connectivity index (χ0v) is 17.5. The Morgan fingerprint density at radius 2 is 1.67 bits per heavy atom. The molecule has 3 rings (SSSR count). The molecule has 0 atom stereocenters. The molecule has 0 saturated heterocycles. The van der Waals surface area contributed by atoms with Gasteiger partial charge in [-0.15, -0.1) is 0 Å². The molecule has 3 aromatic rings.